The maximum Gasteiger partial charge on any atom is 0.332 e. The fourth-order valence-electron chi connectivity index (χ4n) is 3.28. The number of fused-ring (bicyclic) bond motifs is 1. The van der Waals surface area contributed by atoms with Crippen molar-refractivity contribution in [3.8, 4) is 0 Å². The van der Waals surface area contributed by atoms with E-state index in [0.29, 0.717) is 16.9 Å². The lowest BCUT2D eigenvalue weighted by atomic mass is 10.2. The SMILES string of the molecule is CC(=O)Nc1ccc(NC(=O)Cn2c(=O)n(Cc3cccs3)c(=O)c3ncccc32)cc1. The van der Waals surface area contributed by atoms with Gasteiger partial charge in [-0.1, -0.05) is 6.07 Å². The highest BCUT2D eigenvalue weighted by Gasteiger charge is 2.17. The Morgan fingerprint density at radius 3 is 2.34 bits per heavy atom. The molecule has 0 radical (unpaired) electrons. The van der Waals surface area contributed by atoms with Crippen molar-refractivity contribution in [1.82, 2.24) is 14.1 Å². The number of hydrogen-bond acceptors (Lipinski definition) is 6. The molecule has 2 amide bonds. The summed E-state index contributed by atoms with van der Waals surface area (Å²) >= 11 is 1.43. The van der Waals surface area contributed by atoms with Crippen LogP contribution < -0.4 is 21.9 Å². The predicted octanol–water partition coefficient (Wildman–Crippen LogP) is 2.27. The highest BCUT2D eigenvalue weighted by molar-refractivity contribution is 7.09. The normalized spacial score (nSPS) is 10.8. The monoisotopic (exact) mass is 449 g/mol. The molecule has 4 rings (SSSR count). The summed E-state index contributed by atoms with van der Waals surface area (Å²) in [5.74, 6) is -0.634. The molecule has 0 fully saturated rings. The van der Waals surface area contributed by atoms with Gasteiger partial charge in [0.25, 0.3) is 5.56 Å². The second kappa shape index (κ2) is 8.98. The van der Waals surface area contributed by atoms with Crippen molar-refractivity contribution >= 4 is 45.6 Å². The highest BCUT2D eigenvalue weighted by atomic mass is 32.1. The quantitative estimate of drug-likeness (QED) is 0.469. The summed E-state index contributed by atoms with van der Waals surface area (Å²) in [4.78, 5) is 54.8. The molecular formula is C22H19N5O4S. The van der Waals surface area contributed by atoms with E-state index in [1.807, 2.05) is 17.5 Å². The first-order valence-corrected chi connectivity index (χ1v) is 10.6. The Hall–Kier alpha value is -4.05. The minimum absolute atomic E-state index is 0.105. The third-order valence-electron chi connectivity index (χ3n) is 4.67. The van der Waals surface area contributed by atoms with Crippen LogP contribution in [0.25, 0.3) is 11.0 Å². The lowest BCUT2D eigenvalue weighted by molar-refractivity contribution is -0.117. The van der Waals surface area contributed by atoms with E-state index in [1.54, 1.807) is 36.4 Å². The third kappa shape index (κ3) is 4.49. The van der Waals surface area contributed by atoms with E-state index < -0.39 is 17.2 Å². The van der Waals surface area contributed by atoms with Crippen molar-refractivity contribution in [1.29, 1.82) is 0 Å². The van der Waals surface area contributed by atoms with Crippen molar-refractivity contribution in [3.63, 3.8) is 0 Å². The zero-order valence-corrected chi connectivity index (χ0v) is 17.9. The number of aromatic nitrogens is 3. The van der Waals surface area contributed by atoms with Crippen LogP contribution in [0.5, 0.6) is 0 Å². The molecule has 162 valence electrons. The Morgan fingerprint density at radius 1 is 0.969 bits per heavy atom. The number of nitrogens with one attached hydrogen (secondary N) is 2. The molecule has 3 aromatic heterocycles. The number of pyridine rings is 1. The summed E-state index contributed by atoms with van der Waals surface area (Å²) in [5, 5.41) is 7.24. The molecule has 2 N–H and O–H groups in total. The van der Waals surface area contributed by atoms with Crippen LogP contribution in [0.2, 0.25) is 0 Å². The van der Waals surface area contributed by atoms with Crippen LogP contribution in [-0.4, -0.2) is 25.9 Å². The molecule has 1 aromatic carbocycles. The molecular weight excluding hydrogens is 430 g/mol. The van der Waals surface area contributed by atoms with Crippen molar-refractivity contribution < 1.29 is 9.59 Å². The van der Waals surface area contributed by atoms with Crippen molar-refractivity contribution in [2.75, 3.05) is 10.6 Å². The van der Waals surface area contributed by atoms with Gasteiger partial charge in [0.2, 0.25) is 11.8 Å². The molecule has 0 saturated heterocycles. The van der Waals surface area contributed by atoms with Gasteiger partial charge in [-0.15, -0.1) is 11.3 Å². The number of anilines is 2. The fourth-order valence-corrected chi connectivity index (χ4v) is 3.97. The number of carbonyl (C=O) groups is 2. The standard InChI is InChI=1S/C22H19N5O4S/c1-14(28)24-15-6-8-16(9-7-15)25-19(29)13-26-18-5-2-10-23-20(18)21(30)27(22(26)31)12-17-4-3-11-32-17/h2-11H,12-13H2,1H3,(H,24,28)(H,25,29). The highest BCUT2D eigenvalue weighted by Crippen LogP contribution is 2.14. The van der Waals surface area contributed by atoms with Crippen LogP contribution in [0.4, 0.5) is 11.4 Å². The minimum Gasteiger partial charge on any atom is -0.326 e. The van der Waals surface area contributed by atoms with Gasteiger partial charge in [-0.25, -0.2) is 9.78 Å². The van der Waals surface area contributed by atoms with E-state index in [-0.39, 0.29) is 24.5 Å². The summed E-state index contributed by atoms with van der Waals surface area (Å²) in [6, 6.07) is 13.5. The molecule has 0 bridgehead atoms. The summed E-state index contributed by atoms with van der Waals surface area (Å²) < 4.78 is 2.34. The van der Waals surface area contributed by atoms with Gasteiger partial charge in [0.05, 0.1) is 12.1 Å². The number of hydrogen-bond donors (Lipinski definition) is 2. The van der Waals surface area contributed by atoms with E-state index in [2.05, 4.69) is 15.6 Å². The summed E-state index contributed by atoms with van der Waals surface area (Å²) in [6.07, 6.45) is 1.48. The lowest BCUT2D eigenvalue weighted by Crippen LogP contribution is -2.42. The first-order valence-electron chi connectivity index (χ1n) is 9.70. The van der Waals surface area contributed by atoms with Crippen LogP contribution in [-0.2, 0) is 22.7 Å². The fraction of sp³-hybridized carbons (Fsp3) is 0.136. The molecule has 4 aromatic rings. The molecule has 0 atom stereocenters. The Kier molecular flexibility index (Phi) is 5.95. The number of amides is 2. The van der Waals surface area contributed by atoms with Crippen LogP contribution in [0.3, 0.4) is 0 Å². The molecule has 9 nitrogen and oxygen atoms in total. The Labute approximate surface area is 186 Å². The Bertz CT molecular complexity index is 1410. The van der Waals surface area contributed by atoms with E-state index in [1.165, 1.54) is 29.0 Å². The van der Waals surface area contributed by atoms with Gasteiger partial charge < -0.3 is 10.6 Å². The number of benzene rings is 1. The molecule has 0 unspecified atom stereocenters. The predicted molar refractivity (Wildman–Crippen MR) is 123 cm³/mol. The molecule has 3 heterocycles. The molecule has 0 aliphatic carbocycles. The molecule has 32 heavy (non-hydrogen) atoms. The zero-order valence-electron chi connectivity index (χ0n) is 17.1. The zero-order chi connectivity index (χ0) is 22.7. The first-order chi connectivity index (χ1) is 15.4. The van der Waals surface area contributed by atoms with Gasteiger partial charge >= 0.3 is 5.69 Å². The van der Waals surface area contributed by atoms with Crippen LogP contribution in [0.1, 0.15) is 11.8 Å². The molecule has 0 aliphatic heterocycles. The second-order valence-electron chi connectivity index (χ2n) is 7.02. The van der Waals surface area contributed by atoms with E-state index in [0.717, 1.165) is 9.44 Å². The smallest absolute Gasteiger partial charge is 0.326 e. The van der Waals surface area contributed by atoms with Gasteiger partial charge in [0.15, 0.2) is 5.52 Å². The second-order valence-corrected chi connectivity index (χ2v) is 8.05. The topological polar surface area (TPSA) is 115 Å². The van der Waals surface area contributed by atoms with Gasteiger partial charge in [-0.05, 0) is 47.8 Å². The van der Waals surface area contributed by atoms with Crippen molar-refractivity contribution in [2.45, 2.75) is 20.0 Å². The van der Waals surface area contributed by atoms with Crippen molar-refractivity contribution in [2.24, 2.45) is 0 Å². The number of thiophene rings is 1. The van der Waals surface area contributed by atoms with Gasteiger partial charge in [0, 0.05) is 29.4 Å². The first kappa shape index (κ1) is 21.2. The minimum atomic E-state index is -0.583. The van der Waals surface area contributed by atoms with Crippen molar-refractivity contribution in [3.05, 3.63) is 85.8 Å². The lowest BCUT2D eigenvalue weighted by Gasteiger charge is -2.13. The Morgan fingerprint density at radius 2 is 1.69 bits per heavy atom. The number of nitrogens with zero attached hydrogens (tertiary/aromatic N) is 3. The van der Waals surface area contributed by atoms with Crippen LogP contribution >= 0.6 is 11.3 Å². The van der Waals surface area contributed by atoms with Crippen LogP contribution in [0.15, 0.2) is 69.7 Å². The maximum atomic E-state index is 13.1. The summed E-state index contributed by atoms with van der Waals surface area (Å²) in [6.45, 7) is 1.22. The summed E-state index contributed by atoms with van der Waals surface area (Å²) in [5.41, 5.74) is 0.442. The van der Waals surface area contributed by atoms with Gasteiger partial charge in [-0.2, -0.15) is 0 Å². The van der Waals surface area contributed by atoms with Gasteiger partial charge in [0.1, 0.15) is 6.54 Å². The molecule has 0 spiro atoms. The molecule has 0 saturated carbocycles. The number of carbonyl (C=O) groups excluding carboxylic acids is 2. The van der Waals surface area contributed by atoms with E-state index in [4.69, 9.17) is 0 Å². The third-order valence-corrected chi connectivity index (χ3v) is 5.53. The van der Waals surface area contributed by atoms with Gasteiger partial charge in [-0.3, -0.25) is 23.5 Å². The largest absolute Gasteiger partial charge is 0.332 e. The number of rotatable bonds is 6. The van der Waals surface area contributed by atoms with E-state index >= 15 is 0 Å². The van der Waals surface area contributed by atoms with Crippen LogP contribution in [0, 0.1) is 0 Å². The summed E-state index contributed by atoms with van der Waals surface area (Å²) in [7, 11) is 0. The molecule has 0 aliphatic rings. The average molecular weight is 449 g/mol. The van der Waals surface area contributed by atoms with E-state index in [9.17, 15) is 19.2 Å². The molecule has 10 heteroatoms. The maximum absolute atomic E-state index is 13.1. The average Bonchev–Trinajstić information content (AvgIpc) is 3.28. The Balaban J connectivity index is 1.64.